The van der Waals surface area contributed by atoms with Crippen LogP contribution < -0.4 is 5.32 Å². The maximum atomic E-state index is 5.90. The van der Waals surface area contributed by atoms with Gasteiger partial charge in [0.05, 0.1) is 11.7 Å². The van der Waals surface area contributed by atoms with Crippen molar-refractivity contribution in [1.29, 1.82) is 0 Å². The van der Waals surface area contributed by atoms with Gasteiger partial charge in [0.15, 0.2) is 0 Å². The first-order valence-corrected chi connectivity index (χ1v) is 7.53. The fourth-order valence-corrected chi connectivity index (χ4v) is 3.33. The van der Waals surface area contributed by atoms with Gasteiger partial charge in [0.2, 0.25) is 0 Å². The van der Waals surface area contributed by atoms with E-state index in [0.29, 0.717) is 6.04 Å². The third kappa shape index (κ3) is 2.58. The van der Waals surface area contributed by atoms with Gasteiger partial charge in [-0.3, -0.25) is 0 Å². The molecule has 1 aromatic heterocycles. The van der Waals surface area contributed by atoms with Crippen molar-refractivity contribution in [3.8, 4) is 11.3 Å². The van der Waals surface area contributed by atoms with Crippen molar-refractivity contribution in [2.45, 2.75) is 25.3 Å². The third-order valence-electron chi connectivity index (χ3n) is 3.27. The highest BCUT2D eigenvalue weighted by atomic mass is 35.5. The summed E-state index contributed by atoms with van der Waals surface area (Å²) in [6.07, 6.45) is 3.78. The second kappa shape index (κ2) is 5.39. The molecule has 1 N–H and O–H groups in total. The molecular formula is C14H15ClN2S. The van der Waals surface area contributed by atoms with E-state index >= 15 is 0 Å². The molecular weight excluding hydrogens is 264 g/mol. The first kappa shape index (κ1) is 12.2. The van der Waals surface area contributed by atoms with Gasteiger partial charge < -0.3 is 5.32 Å². The minimum absolute atomic E-state index is 0.449. The van der Waals surface area contributed by atoms with Gasteiger partial charge in [-0.05, 0) is 31.5 Å². The van der Waals surface area contributed by atoms with E-state index in [2.05, 4.69) is 10.7 Å². The summed E-state index contributed by atoms with van der Waals surface area (Å²) in [7, 11) is 0. The van der Waals surface area contributed by atoms with Crippen LogP contribution in [0.3, 0.4) is 0 Å². The van der Waals surface area contributed by atoms with Gasteiger partial charge in [0.1, 0.15) is 5.01 Å². The van der Waals surface area contributed by atoms with E-state index in [9.17, 15) is 0 Å². The smallest absolute Gasteiger partial charge is 0.110 e. The number of thiazole rings is 1. The fourth-order valence-electron chi connectivity index (χ4n) is 2.26. The van der Waals surface area contributed by atoms with Crippen molar-refractivity contribution >= 4 is 22.9 Å². The highest BCUT2D eigenvalue weighted by Gasteiger charge is 2.18. The predicted molar refractivity (Wildman–Crippen MR) is 77.2 cm³/mol. The van der Waals surface area contributed by atoms with Crippen molar-refractivity contribution in [3.05, 3.63) is 39.7 Å². The van der Waals surface area contributed by atoms with E-state index in [0.717, 1.165) is 22.8 Å². The maximum absolute atomic E-state index is 5.90. The molecule has 0 spiro atoms. The number of benzene rings is 1. The van der Waals surface area contributed by atoms with E-state index in [-0.39, 0.29) is 0 Å². The molecule has 0 amide bonds. The molecule has 1 aliphatic rings. The Bertz CT molecular complexity index is 515. The highest BCUT2D eigenvalue weighted by Crippen LogP contribution is 2.29. The van der Waals surface area contributed by atoms with Crippen molar-refractivity contribution in [3.63, 3.8) is 0 Å². The molecule has 2 nitrogen and oxygen atoms in total. The van der Waals surface area contributed by atoms with E-state index in [4.69, 9.17) is 16.6 Å². The lowest BCUT2D eigenvalue weighted by molar-refractivity contribution is 0.411. The van der Waals surface area contributed by atoms with Crippen LogP contribution in [0.1, 0.15) is 30.3 Å². The Labute approximate surface area is 116 Å². The summed E-state index contributed by atoms with van der Waals surface area (Å²) in [5.74, 6) is 0. The van der Waals surface area contributed by atoms with Gasteiger partial charge >= 0.3 is 0 Å². The van der Waals surface area contributed by atoms with Gasteiger partial charge in [0, 0.05) is 16.0 Å². The van der Waals surface area contributed by atoms with Gasteiger partial charge in [-0.25, -0.2) is 4.98 Å². The lowest BCUT2D eigenvalue weighted by atomic mass is 10.1. The zero-order valence-electron chi connectivity index (χ0n) is 10.0. The summed E-state index contributed by atoms with van der Waals surface area (Å²) in [5, 5.41) is 7.64. The lowest BCUT2D eigenvalue weighted by Gasteiger charge is -2.21. The molecule has 0 bridgehead atoms. The highest BCUT2D eigenvalue weighted by molar-refractivity contribution is 7.10. The first-order chi connectivity index (χ1) is 8.83. The van der Waals surface area contributed by atoms with Gasteiger partial charge in [-0.1, -0.05) is 30.2 Å². The van der Waals surface area contributed by atoms with Gasteiger partial charge in [0.25, 0.3) is 0 Å². The molecule has 0 aliphatic carbocycles. The Balaban J connectivity index is 1.82. The Morgan fingerprint density at radius 3 is 2.78 bits per heavy atom. The monoisotopic (exact) mass is 278 g/mol. The number of rotatable bonds is 2. The van der Waals surface area contributed by atoms with E-state index < -0.39 is 0 Å². The maximum Gasteiger partial charge on any atom is 0.110 e. The van der Waals surface area contributed by atoms with E-state index in [1.807, 2.05) is 24.3 Å². The van der Waals surface area contributed by atoms with Crippen molar-refractivity contribution in [2.24, 2.45) is 0 Å². The van der Waals surface area contributed by atoms with Crippen LogP contribution in [-0.4, -0.2) is 11.5 Å². The molecule has 1 saturated heterocycles. The first-order valence-electron chi connectivity index (χ1n) is 6.28. The third-order valence-corrected chi connectivity index (χ3v) is 4.48. The quantitative estimate of drug-likeness (QED) is 0.887. The van der Waals surface area contributed by atoms with Crippen LogP contribution in [0.15, 0.2) is 29.6 Å². The molecule has 1 aliphatic heterocycles. The molecule has 1 unspecified atom stereocenters. The van der Waals surface area contributed by atoms with Crippen LogP contribution >= 0.6 is 22.9 Å². The fraction of sp³-hybridized carbons (Fsp3) is 0.357. The zero-order chi connectivity index (χ0) is 12.4. The summed E-state index contributed by atoms with van der Waals surface area (Å²) < 4.78 is 0. The van der Waals surface area contributed by atoms with E-state index in [1.54, 1.807) is 11.3 Å². The Hall–Kier alpha value is -0.900. The number of halogens is 1. The average Bonchev–Trinajstić information content (AvgIpc) is 2.90. The average molecular weight is 279 g/mol. The summed E-state index contributed by atoms with van der Waals surface area (Å²) in [6, 6.07) is 8.32. The molecule has 2 heterocycles. The second-order valence-electron chi connectivity index (χ2n) is 4.58. The van der Waals surface area contributed by atoms with Crippen molar-refractivity contribution in [2.75, 3.05) is 6.54 Å². The summed E-state index contributed by atoms with van der Waals surface area (Å²) in [5.41, 5.74) is 2.19. The summed E-state index contributed by atoms with van der Waals surface area (Å²) >= 11 is 7.65. The number of piperidine rings is 1. The molecule has 1 atom stereocenters. The van der Waals surface area contributed by atoms with Crippen LogP contribution in [0.25, 0.3) is 11.3 Å². The number of nitrogens with zero attached hydrogens (tertiary/aromatic N) is 1. The molecule has 3 rings (SSSR count). The van der Waals surface area contributed by atoms with Crippen LogP contribution in [0, 0.1) is 0 Å². The predicted octanol–water partition coefficient (Wildman–Crippen LogP) is 4.28. The van der Waals surface area contributed by atoms with Gasteiger partial charge in [-0.15, -0.1) is 11.3 Å². The Morgan fingerprint density at radius 2 is 2.06 bits per heavy atom. The topological polar surface area (TPSA) is 24.9 Å². The molecule has 0 saturated carbocycles. The Kier molecular flexibility index (Phi) is 3.64. The van der Waals surface area contributed by atoms with E-state index in [1.165, 1.54) is 24.3 Å². The normalized spacial score (nSPS) is 19.9. The van der Waals surface area contributed by atoms with Gasteiger partial charge in [-0.2, -0.15) is 0 Å². The number of aromatic nitrogens is 1. The molecule has 2 aromatic rings. The second-order valence-corrected chi connectivity index (χ2v) is 5.91. The van der Waals surface area contributed by atoms with Crippen LogP contribution in [-0.2, 0) is 0 Å². The lowest BCUT2D eigenvalue weighted by Crippen LogP contribution is -2.26. The minimum atomic E-state index is 0.449. The zero-order valence-corrected chi connectivity index (χ0v) is 11.6. The SMILES string of the molecule is Clc1ccc(-c2csc(C3CCCCN3)n2)cc1. The molecule has 94 valence electrons. The Morgan fingerprint density at radius 1 is 1.22 bits per heavy atom. The van der Waals surface area contributed by atoms with Crippen LogP contribution in [0.4, 0.5) is 0 Å². The standard InChI is InChI=1S/C14H15ClN2S/c15-11-6-4-10(5-7-11)13-9-18-14(17-13)12-3-1-2-8-16-12/h4-7,9,12,16H,1-3,8H2. The summed E-state index contributed by atoms with van der Waals surface area (Å²) in [4.78, 5) is 4.75. The summed E-state index contributed by atoms with van der Waals surface area (Å²) in [6.45, 7) is 1.11. The number of hydrogen-bond donors (Lipinski definition) is 1. The van der Waals surface area contributed by atoms with Crippen molar-refractivity contribution in [1.82, 2.24) is 10.3 Å². The molecule has 0 radical (unpaired) electrons. The molecule has 4 heteroatoms. The minimum Gasteiger partial charge on any atom is -0.308 e. The van der Waals surface area contributed by atoms with Crippen molar-refractivity contribution < 1.29 is 0 Å². The largest absolute Gasteiger partial charge is 0.308 e. The van der Waals surface area contributed by atoms with Crippen LogP contribution in [0.2, 0.25) is 5.02 Å². The number of nitrogens with one attached hydrogen (secondary N) is 1. The number of hydrogen-bond acceptors (Lipinski definition) is 3. The molecule has 1 aromatic carbocycles. The molecule has 1 fully saturated rings. The van der Waals surface area contributed by atoms with Crippen LogP contribution in [0.5, 0.6) is 0 Å². The molecule has 18 heavy (non-hydrogen) atoms.